The van der Waals surface area contributed by atoms with Gasteiger partial charge in [0.1, 0.15) is 10.6 Å². The Morgan fingerprint density at radius 1 is 1.56 bits per heavy atom. The average Bonchev–Trinajstić information content (AvgIpc) is 2.82. The molecule has 1 N–H and O–H groups in total. The van der Waals surface area contributed by atoms with Gasteiger partial charge in [-0.15, -0.1) is 11.3 Å². The van der Waals surface area contributed by atoms with E-state index in [-0.39, 0.29) is 5.91 Å². The van der Waals surface area contributed by atoms with Crippen molar-refractivity contribution in [3.05, 3.63) is 45.4 Å². The van der Waals surface area contributed by atoms with Crippen molar-refractivity contribution in [2.75, 3.05) is 7.11 Å². The van der Waals surface area contributed by atoms with Crippen molar-refractivity contribution in [2.24, 2.45) is 0 Å². The molecule has 0 fully saturated rings. The molecule has 0 aliphatic rings. The number of halogens is 1. The number of pyridine rings is 1. The van der Waals surface area contributed by atoms with Gasteiger partial charge in [0.2, 0.25) is 0 Å². The Morgan fingerprint density at radius 3 is 3.06 bits per heavy atom. The molecule has 2 aromatic heterocycles. The van der Waals surface area contributed by atoms with Gasteiger partial charge < -0.3 is 10.1 Å². The van der Waals surface area contributed by atoms with Gasteiger partial charge in [-0.2, -0.15) is 0 Å². The molecule has 0 spiro atoms. The number of nitrogens with zero attached hydrogens (tertiary/aromatic N) is 1. The van der Waals surface area contributed by atoms with E-state index in [9.17, 15) is 4.79 Å². The summed E-state index contributed by atoms with van der Waals surface area (Å²) >= 11 is 7.19. The van der Waals surface area contributed by atoms with Gasteiger partial charge in [-0.3, -0.25) is 9.78 Å². The highest BCUT2D eigenvalue weighted by molar-refractivity contribution is 7.12. The Labute approximate surface area is 114 Å². The molecular formula is C12H11ClN2O2S. The zero-order chi connectivity index (χ0) is 13.0. The number of nitrogens with one attached hydrogen (secondary N) is 1. The smallest absolute Gasteiger partial charge is 0.263 e. The zero-order valence-electron chi connectivity index (χ0n) is 9.64. The van der Waals surface area contributed by atoms with E-state index in [0.29, 0.717) is 22.2 Å². The summed E-state index contributed by atoms with van der Waals surface area (Å²) in [5.74, 6) is 0.517. The standard InChI is InChI=1S/C12H11ClN2O2S/c1-17-9-2-4-14-8(6-9)7-15-12(16)11-10(13)3-5-18-11/h2-6H,7H2,1H3,(H,15,16). The summed E-state index contributed by atoms with van der Waals surface area (Å²) < 4.78 is 5.08. The number of methoxy groups -OCH3 is 1. The first-order valence-electron chi connectivity index (χ1n) is 5.21. The fourth-order valence-electron chi connectivity index (χ4n) is 1.39. The van der Waals surface area contributed by atoms with Crippen molar-refractivity contribution in [3.63, 3.8) is 0 Å². The van der Waals surface area contributed by atoms with Crippen LogP contribution in [-0.2, 0) is 6.54 Å². The number of hydrogen-bond donors (Lipinski definition) is 1. The van der Waals surface area contributed by atoms with Crippen molar-refractivity contribution in [1.82, 2.24) is 10.3 Å². The molecule has 0 aliphatic heterocycles. The third-order valence-electron chi connectivity index (χ3n) is 2.28. The Bertz CT molecular complexity index is 557. The number of aromatic nitrogens is 1. The zero-order valence-corrected chi connectivity index (χ0v) is 11.2. The lowest BCUT2D eigenvalue weighted by atomic mass is 10.3. The summed E-state index contributed by atoms with van der Waals surface area (Å²) in [7, 11) is 1.59. The van der Waals surface area contributed by atoms with Crippen LogP contribution in [-0.4, -0.2) is 18.0 Å². The number of ether oxygens (including phenoxy) is 1. The second-order valence-electron chi connectivity index (χ2n) is 3.47. The Balaban J connectivity index is 1.99. The predicted molar refractivity (Wildman–Crippen MR) is 71.3 cm³/mol. The highest BCUT2D eigenvalue weighted by Gasteiger charge is 2.11. The summed E-state index contributed by atoms with van der Waals surface area (Å²) in [6, 6.07) is 5.22. The lowest BCUT2D eigenvalue weighted by Gasteiger charge is -2.05. The van der Waals surface area contributed by atoms with Crippen LogP contribution in [0.5, 0.6) is 5.75 Å². The van der Waals surface area contributed by atoms with E-state index in [2.05, 4.69) is 10.3 Å². The minimum atomic E-state index is -0.195. The fraction of sp³-hybridized carbons (Fsp3) is 0.167. The van der Waals surface area contributed by atoms with Gasteiger partial charge in [-0.05, 0) is 17.5 Å². The van der Waals surface area contributed by atoms with Gasteiger partial charge in [0.25, 0.3) is 5.91 Å². The first kappa shape index (κ1) is 12.9. The van der Waals surface area contributed by atoms with Gasteiger partial charge in [0.05, 0.1) is 24.4 Å². The molecular weight excluding hydrogens is 272 g/mol. The average molecular weight is 283 g/mol. The fourth-order valence-corrected chi connectivity index (χ4v) is 2.44. The Morgan fingerprint density at radius 2 is 2.39 bits per heavy atom. The maximum atomic E-state index is 11.8. The van der Waals surface area contributed by atoms with Crippen LogP contribution < -0.4 is 10.1 Å². The Kier molecular flexibility index (Phi) is 4.17. The van der Waals surface area contributed by atoms with Gasteiger partial charge in [0, 0.05) is 12.3 Å². The van der Waals surface area contributed by atoms with Crippen molar-refractivity contribution in [3.8, 4) is 5.75 Å². The number of amides is 1. The second-order valence-corrected chi connectivity index (χ2v) is 4.79. The van der Waals surface area contributed by atoms with Gasteiger partial charge in [-0.1, -0.05) is 11.6 Å². The van der Waals surface area contributed by atoms with Crippen LogP contribution in [0.4, 0.5) is 0 Å². The summed E-state index contributed by atoms with van der Waals surface area (Å²) in [6.07, 6.45) is 1.64. The van der Waals surface area contributed by atoms with E-state index < -0.39 is 0 Å². The first-order valence-corrected chi connectivity index (χ1v) is 6.46. The molecule has 0 aliphatic carbocycles. The molecule has 0 atom stereocenters. The lowest BCUT2D eigenvalue weighted by molar-refractivity contribution is 0.0954. The number of thiophene rings is 1. The van der Waals surface area contributed by atoms with E-state index in [1.807, 2.05) is 0 Å². The van der Waals surface area contributed by atoms with Crippen LogP contribution in [0.25, 0.3) is 0 Å². The van der Waals surface area contributed by atoms with Crippen LogP contribution in [0.15, 0.2) is 29.8 Å². The lowest BCUT2D eigenvalue weighted by Crippen LogP contribution is -2.22. The van der Waals surface area contributed by atoms with Gasteiger partial charge in [-0.25, -0.2) is 0 Å². The summed E-state index contributed by atoms with van der Waals surface area (Å²) in [4.78, 5) is 16.5. The second kappa shape index (κ2) is 5.84. The third kappa shape index (κ3) is 3.00. The van der Waals surface area contributed by atoms with Crippen LogP contribution in [0.2, 0.25) is 5.02 Å². The Hall–Kier alpha value is -1.59. The topological polar surface area (TPSA) is 51.2 Å². The predicted octanol–water partition coefficient (Wildman–Crippen LogP) is 2.74. The number of hydrogen-bond acceptors (Lipinski definition) is 4. The normalized spacial score (nSPS) is 10.1. The number of carbonyl (C=O) groups excluding carboxylic acids is 1. The van der Waals surface area contributed by atoms with E-state index in [1.54, 1.807) is 36.9 Å². The quantitative estimate of drug-likeness (QED) is 0.938. The largest absolute Gasteiger partial charge is 0.497 e. The molecule has 2 heterocycles. The van der Waals surface area contributed by atoms with Gasteiger partial charge >= 0.3 is 0 Å². The monoisotopic (exact) mass is 282 g/mol. The van der Waals surface area contributed by atoms with Crippen LogP contribution in [0.3, 0.4) is 0 Å². The summed E-state index contributed by atoms with van der Waals surface area (Å²) in [5.41, 5.74) is 0.732. The number of carbonyl (C=O) groups is 1. The molecule has 0 saturated heterocycles. The van der Waals surface area contributed by atoms with Crippen molar-refractivity contribution in [2.45, 2.75) is 6.54 Å². The van der Waals surface area contributed by atoms with Gasteiger partial charge in [0.15, 0.2) is 0 Å². The molecule has 0 saturated carbocycles. The SMILES string of the molecule is COc1ccnc(CNC(=O)c2sccc2Cl)c1. The molecule has 18 heavy (non-hydrogen) atoms. The first-order chi connectivity index (χ1) is 8.70. The van der Waals surface area contributed by atoms with E-state index in [4.69, 9.17) is 16.3 Å². The molecule has 2 rings (SSSR count). The van der Waals surface area contributed by atoms with Crippen LogP contribution >= 0.6 is 22.9 Å². The molecule has 4 nitrogen and oxygen atoms in total. The maximum Gasteiger partial charge on any atom is 0.263 e. The minimum absolute atomic E-state index is 0.195. The number of rotatable bonds is 4. The van der Waals surface area contributed by atoms with E-state index in [0.717, 1.165) is 5.69 Å². The molecule has 6 heteroatoms. The van der Waals surface area contributed by atoms with Crippen LogP contribution in [0.1, 0.15) is 15.4 Å². The molecule has 0 bridgehead atoms. The van der Waals surface area contributed by atoms with Crippen molar-refractivity contribution >= 4 is 28.8 Å². The summed E-state index contributed by atoms with van der Waals surface area (Å²) in [6.45, 7) is 0.338. The summed E-state index contributed by atoms with van der Waals surface area (Å²) in [5, 5.41) is 5.01. The molecule has 0 unspecified atom stereocenters. The molecule has 1 amide bonds. The highest BCUT2D eigenvalue weighted by atomic mass is 35.5. The van der Waals surface area contributed by atoms with Crippen molar-refractivity contribution in [1.29, 1.82) is 0 Å². The molecule has 0 aromatic carbocycles. The van der Waals surface area contributed by atoms with Crippen LogP contribution in [0, 0.1) is 0 Å². The highest BCUT2D eigenvalue weighted by Crippen LogP contribution is 2.21. The molecule has 94 valence electrons. The maximum absolute atomic E-state index is 11.8. The third-order valence-corrected chi connectivity index (χ3v) is 3.62. The minimum Gasteiger partial charge on any atom is -0.497 e. The van der Waals surface area contributed by atoms with E-state index in [1.165, 1.54) is 11.3 Å². The molecule has 2 aromatic rings. The van der Waals surface area contributed by atoms with Crippen molar-refractivity contribution < 1.29 is 9.53 Å². The van der Waals surface area contributed by atoms with E-state index >= 15 is 0 Å². The molecule has 0 radical (unpaired) electrons.